The van der Waals surface area contributed by atoms with Crippen molar-refractivity contribution in [1.82, 2.24) is 9.80 Å². The second kappa shape index (κ2) is 8.07. The molecule has 5 nitrogen and oxygen atoms in total. The number of carbonyl (C=O) groups excluding carboxylic acids is 1. The first-order valence-corrected chi connectivity index (χ1v) is 10.6. The molecule has 0 bridgehead atoms. The first kappa shape index (κ1) is 19.8. The van der Waals surface area contributed by atoms with E-state index in [-0.39, 0.29) is 17.1 Å². The van der Waals surface area contributed by atoms with Crippen LogP contribution in [0.1, 0.15) is 35.7 Å². The normalized spacial score (nSPS) is 24.0. The Hall–Kier alpha value is -2.53. The summed E-state index contributed by atoms with van der Waals surface area (Å²) in [5.74, 6) is 0.504. The molecule has 154 valence electrons. The lowest BCUT2D eigenvalue weighted by Crippen LogP contribution is -2.37. The summed E-state index contributed by atoms with van der Waals surface area (Å²) in [4.78, 5) is 17.7. The van der Waals surface area contributed by atoms with Crippen molar-refractivity contribution in [1.29, 1.82) is 0 Å². The summed E-state index contributed by atoms with van der Waals surface area (Å²) in [6.45, 7) is 6.99. The summed E-state index contributed by atoms with van der Waals surface area (Å²) in [7, 11) is 0. The minimum absolute atomic E-state index is 0.0612. The number of anilines is 1. The smallest absolute Gasteiger partial charge is 0.256 e. The molecule has 0 saturated carbocycles. The molecule has 2 aromatic rings. The van der Waals surface area contributed by atoms with Crippen LogP contribution in [0.5, 0.6) is 5.75 Å². The van der Waals surface area contributed by atoms with E-state index < -0.39 is 0 Å². The van der Waals surface area contributed by atoms with E-state index in [4.69, 9.17) is 5.73 Å². The summed E-state index contributed by atoms with van der Waals surface area (Å²) in [5, 5.41) is 9.81. The predicted molar refractivity (Wildman–Crippen MR) is 116 cm³/mol. The third-order valence-corrected chi connectivity index (χ3v) is 6.68. The standard InChI is InChI=1S/C24H31N3O2/c1-2-12-26-14-19-15-27(23(29)21-13-20(28)8-9-22(21)25)17-24(19,16-26)11-10-18-6-4-3-5-7-18/h3-9,13,19,28H,2,10-12,14-17,25H2,1H3. The van der Waals surface area contributed by atoms with E-state index in [0.717, 1.165) is 52.0 Å². The second-order valence-electron chi connectivity index (χ2n) is 8.74. The van der Waals surface area contributed by atoms with Gasteiger partial charge in [-0.1, -0.05) is 37.3 Å². The van der Waals surface area contributed by atoms with Gasteiger partial charge in [0.05, 0.1) is 5.56 Å². The molecule has 3 N–H and O–H groups in total. The van der Waals surface area contributed by atoms with E-state index in [0.29, 0.717) is 17.2 Å². The lowest BCUT2D eigenvalue weighted by molar-refractivity contribution is 0.0757. The number of nitrogens with two attached hydrogens (primary N) is 1. The highest BCUT2D eigenvalue weighted by atomic mass is 16.3. The number of hydrogen-bond donors (Lipinski definition) is 2. The number of benzene rings is 2. The highest BCUT2D eigenvalue weighted by molar-refractivity contribution is 5.99. The maximum absolute atomic E-state index is 13.2. The van der Waals surface area contributed by atoms with Crippen LogP contribution in [-0.4, -0.2) is 53.5 Å². The van der Waals surface area contributed by atoms with Crippen molar-refractivity contribution in [2.45, 2.75) is 26.2 Å². The molecule has 4 rings (SSSR count). The Morgan fingerprint density at radius 2 is 1.97 bits per heavy atom. The van der Waals surface area contributed by atoms with Crippen molar-refractivity contribution in [3.8, 4) is 5.75 Å². The van der Waals surface area contributed by atoms with E-state index in [1.165, 1.54) is 17.7 Å². The van der Waals surface area contributed by atoms with Gasteiger partial charge in [0.15, 0.2) is 0 Å². The zero-order valence-corrected chi connectivity index (χ0v) is 17.2. The Labute approximate surface area is 173 Å². The van der Waals surface area contributed by atoms with Gasteiger partial charge in [0.25, 0.3) is 5.91 Å². The van der Waals surface area contributed by atoms with Crippen molar-refractivity contribution in [3.63, 3.8) is 0 Å². The van der Waals surface area contributed by atoms with Gasteiger partial charge in [-0.05, 0) is 55.5 Å². The number of phenols is 1. The van der Waals surface area contributed by atoms with Gasteiger partial charge in [-0.15, -0.1) is 0 Å². The molecule has 0 spiro atoms. The van der Waals surface area contributed by atoms with Crippen LogP contribution in [0.25, 0.3) is 0 Å². The van der Waals surface area contributed by atoms with Crippen LogP contribution >= 0.6 is 0 Å². The fourth-order valence-electron chi connectivity index (χ4n) is 5.23. The third kappa shape index (κ3) is 3.97. The van der Waals surface area contributed by atoms with Crippen LogP contribution in [0.3, 0.4) is 0 Å². The number of rotatable bonds is 6. The quantitative estimate of drug-likeness (QED) is 0.583. The van der Waals surface area contributed by atoms with Crippen molar-refractivity contribution in [2.75, 3.05) is 38.5 Å². The van der Waals surface area contributed by atoms with Crippen LogP contribution in [0, 0.1) is 11.3 Å². The molecule has 2 aliphatic rings. The van der Waals surface area contributed by atoms with Gasteiger partial charge in [-0.25, -0.2) is 0 Å². The number of nitrogens with zero attached hydrogens (tertiary/aromatic N) is 2. The summed E-state index contributed by atoms with van der Waals surface area (Å²) >= 11 is 0. The Kier molecular flexibility index (Phi) is 5.50. The van der Waals surface area contributed by atoms with E-state index in [1.54, 1.807) is 6.07 Å². The molecule has 2 saturated heterocycles. The van der Waals surface area contributed by atoms with Crippen LogP contribution < -0.4 is 5.73 Å². The number of aryl methyl sites for hydroxylation is 1. The van der Waals surface area contributed by atoms with Crippen LogP contribution in [0.15, 0.2) is 48.5 Å². The molecule has 2 heterocycles. The number of fused-ring (bicyclic) bond motifs is 1. The van der Waals surface area contributed by atoms with Gasteiger partial charge < -0.3 is 20.6 Å². The Bertz CT molecular complexity index is 870. The van der Waals surface area contributed by atoms with Gasteiger partial charge in [0, 0.05) is 37.3 Å². The minimum atomic E-state index is -0.0612. The summed E-state index contributed by atoms with van der Waals surface area (Å²) in [5.41, 5.74) is 8.36. The van der Waals surface area contributed by atoms with E-state index in [2.05, 4.69) is 42.2 Å². The molecular weight excluding hydrogens is 362 g/mol. The molecule has 0 aromatic heterocycles. The van der Waals surface area contributed by atoms with Crippen LogP contribution in [-0.2, 0) is 6.42 Å². The second-order valence-corrected chi connectivity index (χ2v) is 8.74. The minimum Gasteiger partial charge on any atom is -0.508 e. The molecule has 1 amide bonds. The predicted octanol–water partition coefficient (Wildman–Crippen LogP) is 3.39. The fourth-order valence-corrected chi connectivity index (χ4v) is 5.23. The zero-order valence-electron chi connectivity index (χ0n) is 17.2. The number of hydrogen-bond acceptors (Lipinski definition) is 4. The third-order valence-electron chi connectivity index (χ3n) is 6.68. The van der Waals surface area contributed by atoms with Crippen molar-refractivity contribution in [3.05, 3.63) is 59.7 Å². The molecule has 5 heteroatoms. The summed E-state index contributed by atoms with van der Waals surface area (Å²) in [6.07, 6.45) is 3.28. The first-order chi connectivity index (χ1) is 14.0. The molecule has 29 heavy (non-hydrogen) atoms. The van der Waals surface area contributed by atoms with Gasteiger partial charge in [-0.2, -0.15) is 0 Å². The Morgan fingerprint density at radius 1 is 1.17 bits per heavy atom. The highest BCUT2D eigenvalue weighted by Gasteiger charge is 2.52. The number of carbonyl (C=O) groups is 1. The van der Waals surface area contributed by atoms with Crippen molar-refractivity contribution >= 4 is 11.6 Å². The topological polar surface area (TPSA) is 69.8 Å². The molecule has 2 aliphatic heterocycles. The van der Waals surface area contributed by atoms with E-state index >= 15 is 0 Å². The maximum Gasteiger partial charge on any atom is 0.256 e. The lowest BCUT2D eigenvalue weighted by Gasteiger charge is -2.30. The largest absolute Gasteiger partial charge is 0.508 e. The number of amides is 1. The number of aromatic hydroxyl groups is 1. The molecular formula is C24H31N3O2. The summed E-state index contributed by atoms with van der Waals surface area (Å²) < 4.78 is 0. The highest BCUT2D eigenvalue weighted by Crippen LogP contribution is 2.46. The number of phenolic OH excluding ortho intramolecular Hbond substituents is 1. The fraction of sp³-hybridized carbons (Fsp3) is 0.458. The molecule has 2 atom stereocenters. The zero-order chi connectivity index (χ0) is 20.4. The average Bonchev–Trinajstić information content (AvgIpc) is 3.23. The molecule has 2 aromatic carbocycles. The Morgan fingerprint density at radius 3 is 2.72 bits per heavy atom. The molecule has 0 radical (unpaired) electrons. The number of likely N-dealkylation sites (tertiary alicyclic amines) is 2. The van der Waals surface area contributed by atoms with E-state index in [1.807, 2.05) is 4.90 Å². The average molecular weight is 394 g/mol. The van der Waals surface area contributed by atoms with Crippen molar-refractivity contribution in [2.24, 2.45) is 11.3 Å². The molecule has 0 aliphatic carbocycles. The van der Waals surface area contributed by atoms with E-state index in [9.17, 15) is 9.90 Å². The monoisotopic (exact) mass is 393 g/mol. The maximum atomic E-state index is 13.2. The molecule has 2 unspecified atom stereocenters. The van der Waals surface area contributed by atoms with Crippen LogP contribution in [0.2, 0.25) is 0 Å². The van der Waals surface area contributed by atoms with Gasteiger partial charge in [0.1, 0.15) is 5.75 Å². The van der Waals surface area contributed by atoms with Gasteiger partial charge in [-0.3, -0.25) is 4.79 Å². The lowest BCUT2D eigenvalue weighted by atomic mass is 9.76. The molecule has 2 fully saturated rings. The van der Waals surface area contributed by atoms with Gasteiger partial charge in [0.2, 0.25) is 0 Å². The number of nitrogen functional groups attached to an aromatic ring is 1. The van der Waals surface area contributed by atoms with Crippen molar-refractivity contribution < 1.29 is 9.90 Å². The SMILES string of the molecule is CCCN1CC2CN(C(=O)c3cc(O)ccc3N)CC2(CCc2ccccc2)C1. The van der Waals surface area contributed by atoms with Crippen LogP contribution in [0.4, 0.5) is 5.69 Å². The first-order valence-electron chi connectivity index (χ1n) is 10.6. The van der Waals surface area contributed by atoms with Gasteiger partial charge >= 0.3 is 0 Å². The Balaban J connectivity index is 1.54. The summed E-state index contributed by atoms with van der Waals surface area (Å²) in [6, 6.07) is 15.2.